The normalized spacial score (nSPS) is 14.3. The summed E-state index contributed by atoms with van der Waals surface area (Å²) < 4.78 is 1.90. The maximum atomic E-state index is 6.24. The Bertz CT molecular complexity index is 526. The molecule has 0 aliphatic heterocycles. The average Bonchev–Trinajstić information content (AvgIpc) is 2.82. The molecule has 0 spiro atoms. The number of benzene rings is 1. The molecule has 0 saturated heterocycles. The number of aromatic nitrogens is 3. The minimum absolute atomic E-state index is 0.0582. The zero-order valence-electron chi connectivity index (χ0n) is 11.0. The lowest BCUT2D eigenvalue weighted by Crippen LogP contribution is -2.25. The number of rotatable bonds is 5. The summed E-state index contributed by atoms with van der Waals surface area (Å²) in [5.74, 6) is 0. The molecule has 0 saturated carbocycles. The van der Waals surface area contributed by atoms with E-state index in [9.17, 15) is 0 Å². The molecule has 19 heavy (non-hydrogen) atoms. The Kier molecular flexibility index (Phi) is 4.85. The molecule has 6 heteroatoms. The van der Waals surface area contributed by atoms with Crippen LogP contribution in [0.1, 0.15) is 24.2 Å². The molecule has 0 radical (unpaired) electrons. The summed E-state index contributed by atoms with van der Waals surface area (Å²) in [6, 6.07) is 7.88. The highest BCUT2D eigenvalue weighted by Crippen LogP contribution is 2.37. The molecule has 2 atom stereocenters. The molecule has 0 aliphatic carbocycles. The number of hydrogen-bond acceptors (Lipinski definition) is 4. The maximum absolute atomic E-state index is 6.24. The molecule has 4 nitrogen and oxygen atoms in total. The number of thioether (sulfide) groups is 1. The van der Waals surface area contributed by atoms with Crippen LogP contribution in [0.2, 0.25) is 5.02 Å². The van der Waals surface area contributed by atoms with Gasteiger partial charge < -0.3 is 10.3 Å². The van der Waals surface area contributed by atoms with Crippen LogP contribution in [-0.4, -0.2) is 20.8 Å². The van der Waals surface area contributed by atoms with E-state index in [1.54, 1.807) is 18.1 Å². The predicted octanol–water partition coefficient (Wildman–Crippen LogP) is 3.04. The van der Waals surface area contributed by atoms with E-state index in [2.05, 4.69) is 17.1 Å². The van der Waals surface area contributed by atoms with Crippen molar-refractivity contribution in [2.24, 2.45) is 12.8 Å². The van der Waals surface area contributed by atoms with Gasteiger partial charge in [-0.2, -0.15) is 0 Å². The Morgan fingerprint density at radius 1 is 1.37 bits per heavy atom. The molecular formula is C13H17ClN4S. The smallest absolute Gasteiger partial charge is 0.191 e. The van der Waals surface area contributed by atoms with Gasteiger partial charge in [0, 0.05) is 18.1 Å². The molecule has 1 aromatic heterocycles. The van der Waals surface area contributed by atoms with Gasteiger partial charge in [-0.25, -0.2) is 0 Å². The van der Waals surface area contributed by atoms with E-state index in [0.717, 1.165) is 22.2 Å². The lowest BCUT2D eigenvalue weighted by atomic mass is 10.0. The van der Waals surface area contributed by atoms with Crippen molar-refractivity contribution < 1.29 is 0 Å². The van der Waals surface area contributed by atoms with Crippen LogP contribution in [0.25, 0.3) is 0 Å². The molecule has 1 heterocycles. The predicted molar refractivity (Wildman–Crippen MR) is 79.3 cm³/mol. The third kappa shape index (κ3) is 3.49. The van der Waals surface area contributed by atoms with Gasteiger partial charge in [0.15, 0.2) is 5.16 Å². The third-order valence-electron chi connectivity index (χ3n) is 2.96. The molecule has 1 aromatic carbocycles. The molecule has 2 unspecified atom stereocenters. The van der Waals surface area contributed by atoms with E-state index in [0.29, 0.717) is 0 Å². The van der Waals surface area contributed by atoms with Gasteiger partial charge in [-0.3, -0.25) is 0 Å². The van der Waals surface area contributed by atoms with Crippen molar-refractivity contribution in [1.82, 2.24) is 14.8 Å². The van der Waals surface area contributed by atoms with Crippen LogP contribution in [0.4, 0.5) is 0 Å². The minimum Gasteiger partial charge on any atom is -0.326 e. The monoisotopic (exact) mass is 296 g/mol. The molecule has 0 amide bonds. The first-order valence-corrected chi connectivity index (χ1v) is 7.39. The number of aryl methyl sites for hydroxylation is 1. The Balaban J connectivity index is 2.26. The number of nitrogens with zero attached hydrogens (tertiary/aromatic N) is 3. The number of nitrogens with two attached hydrogens (primary N) is 1. The lowest BCUT2D eigenvalue weighted by Gasteiger charge is -2.22. The second-order valence-electron chi connectivity index (χ2n) is 4.39. The van der Waals surface area contributed by atoms with E-state index in [1.807, 2.05) is 35.9 Å². The lowest BCUT2D eigenvalue weighted by molar-refractivity contribution is 0.630. The van der Waals surface area contributed by atoms with Gasteiger partial charge in [0.05, 0.1) is 5.25 Å². The van der Waals surface area contributed by atoms with Gasteiger partial charge in [-0.05, 0) is 24.1 Å². The van der Waals surface area contributed by atoms with Crippen LogP contribution in [0.5, 0.6) is 0 Å². The summed E-state index contributed by atoms with van der Waals surface area (Å²) in [7, 11) is 1.93. The van der Waals surface area contributed by atoms with Gasteiger partial charge in [0.2, 0.25) is 0 Å². The standard InChI is InChI=1S/C13H17ClN4S/c1-3-11(15)12(9-4-6-10(14)7-5-9)19-13-17-16-8-18(13)2/h4-8,11-12H,3,15H2,1-2H3. The topological polar surface area (TPSA) is 56.7 Å². The largest absolute Gasteiger partial charge is 0.326 e. The quantitative estimate of drug-likeness (QED) is 0.862. The van der Waals surface area contributed by atoms with Crippen LogP contribution >= 0.6 is 23.4 Å². The Hall–Kier alpha value is -1.04. The van der Waals surface area contributed by atoms with Gasteiger partial charge in [-0.1, -0.05) is 42.4 Å². The maximum Gasteiger partial charge on any atom is 0.191 e. The van der Waals surface area contributed by atoms with Crippen LogP contribution in [0.3, 0.4) is 0 Å². The van der Waals surface area contributed by atoms with E-state index >= 15 is 0 Å². The Labute approximate surface area is 122 Å². The van der Waals surface area contributed by atoms with Crippen molar-refractivity contribution in [3.63, 3.8) is 0 Å². The fourth-order valence-electron chi connectivity index (χ4n) is 1.76. The molecule has 102 valence electrons. The van der Waals surface area contributed by atoms with E-state index in [-0.39, 0.29) is 11.3 Å². The second kappa shape index (κ2) is 6.41. The molecule has 2 N–H and O–H groups in total. The van der Waals surface area contributed by atoms with E-state index < -0.39 is 0 Å². The summed E-state index contributed by atoms with van der Waals surface area (Å²) in [6.07, 6.45) is 2.59. The number of halogens is 1. The summed E-state index contributed by atoms with van der Waals surface area (Å²) >= 11 is 7.57. The van der Waals surface area contributed by atoms with Crippen LogP contribution in [0.15, 0.2) is 35.7 Å². The molecule has 0 aliphatic rings. The molecular weight excluding hydrogens is 280 g/mol. The van der Waals surface area contributed by atoms with Crippen molar-refractivity contribution in [3.05, 3.63) is 41.2 Å². The first-order chi connectivity index (χ1) is 9.11. The van der Waals surface area contributed by atoms with Gasteiger partial charge >= 0.3 is 0 Å². The van der Waals surface area contributed by atoms with Gasteiger partial charge in [-0.15, -0.1) is 10.2 Å². The fraction of sp³-hybridized carbons (Fsp3) is 0.385. The van der Waals surface area contributed by atoms with E-state index in [4.69, 9.17) is 17.3 Å². The van der Waals surface area contributed by atoms with Crippen LogP contribution < -0.4 is 5.73 Å². The van der Waals surface area contributed by atoms with Crippen LogP contribution in [0, 0.1) is 0 Å². The van der Waals surface area contributed by atoms with Crippen molar-refractivity contribution in [3.8, 4) is 0 Å². The summed E-state index contributed by atoms with van der Waals surface area (Å²) in [4.78, 5) is 0. The van der Waals surface area contributed by atoms with Crippen molar-refractivity contribution in [2.45, 2.75) is 29.8 Å². The zero-order chi connectivity index (χ0) is 13.8. The Morgan fingerprint density at radius 3 is 2.58 bits per heavy atom. The Morgan fingerprint density at radius 2 is 2.05 bits per heavy atom. The van der Waals surface area contributed by atoms with Crippen LogP contribution in [-0.2, 0) is 7.05 Å². The van der Waals surface area contributed by atoms with Crippen molar-refractivity contribution >= 4 is 23.4 Å². The minimum atomic E-state index is 0.0582. The SMILES string of the molecule is CCC(N)C(Sc1nncn1C)c1ccc(Cl)cc1. The first-order valence-electron chi connectivity index (χ1n) is 6.13. The molecule has 0 bridgehead atoms. The summed E-state index contributed by atoms with van der Waals surface area (Å²) in [5.41, 5.74) is 7.40. The molecule has 2 aromatic rings. The van der Waals surface area contributed by atoms with Crippen molar-refractivity contribution in [1.29, 1.82) is 0 Å². The highest BCUT2D eigenvalue weighted by Gasteiger charge is 2.22. The highest BCUT2D eigenvalue weighted by molar-refractivity contribution is 7.99. The average molecular weight is 297 g/mol. The fourth-order valence-corrected chi connectivity index (χ4v) is 3.08. The molecule has 2 rings (SSSR count). The summed E-state index contributed by atoms with van der Waals surface area (Å²) in [6.45, 7) is 2.09. The van der Waals surface area contributed by atoms with Gasteiger partial charge in [0.25, 0.3) is 0 Å². The highest BCUT2D eigenvalue weighted by atomic mass is 35.5. The summed E-state index contributed by atoms with van der Waals surface area (Å²) in [5, 5.41) is 9.75. The molecule has 0 fully saturated rings. The third-order valence-corrected chi connectivity index (χ3v) is 4.67. The zero-order valence-corrected chi connectivity index (χ0v) is 12.5. The first kappa shape index (κ1) is 14.4. The van der Waals surface area contributed by atoms with E-state index in [1.165, 1.54) is 0 Å². The van der Waals surface area contributed by atoms with Crippen molar-refractivity contribution in [2.75, 3.05) is 0 Å². The number of hydrogen-bond donors (Lipinski definition) is 1. The van der Waals surface area contributed by atoms with Gasteiger partial charge in [0.1, 0.15) is 6.33 Å². The second-order valence-corrected chi connectivity index (χ2v) is 5.93.